The molecular weight excluding hydrogens is 186 g/mol. The lowest BCUT2D eigenvalue weighted by molar-refractivity contribution is 0.139. The molecule has 0 aromatic heterocycles. The van der Waals surface area contributed by atoms with E-state index in [1.807, 2.05) is 0 Å². The first kappa shape index (κ1) is 12.5. The standard InChI is InChI=1S/C12H25N3/c1-10-6-3-4-7-11(10)15(2)9-5-8-12(13)14/h10-11H,3-9H2,1-2H3,(H3,13,14). The number of hydrogen-bond donors (Lipinski definition) is 2. The van der Waals surface area contributed by atoms with E-state index in [1.165, 1.54) is 25.7 Å². The minimum Gasteiger partial charge on any atom is -0.388 e. The number of rotatable bonds is 5. The average molecular weight is 211 g/mol. The molecular formula is C12H25N3. The van der Waals surface area contributed by atoms with Gasteiger partial charge in [-0.15, -0.1) is 0 Å². The fourth-order valence-corrected chi connectivity index (χ4v) is 2.64. The normalized spacial score (nSPS) is 26.9. The van der Waals surface area contributed by atoms with Crippen LogP contribution in [-0.2, 0) is 0 Å². The summed E-state index contributed by atoms with van der Waals surface area (Å²) in [6.45, 7) is 3.44. The van der Waals surface area contributed by atoms with Crippen LogP contribution < -0.4 is 5.73 Å². The summed E-state index contributed by atoms with van der Waals surface area (Å²) in [5.41, 5.74) is 5.35. The zero-order valence-electron chi connectivity index (χ0n) is 10.1. The van der Waals surface area contributed by atoms with Crippen LogP contribution in [-0.4, -0.2) is 30.4 Å². The van der Waals surface area contributed by atoms with Crippen molar-refractivity contribution in [1.82, 2.24) is 4.90 Å². The van der Waals surface area contributed by atoms with Gasteiger partial charge in [0.2, 0.25) is 0 Å². The van der Waals surface area contributed by atoms with E-state index in [2.05, 4.69) is 18.9 Å². The molecule has 0 aliphatic heterocycles. The van der Waals surface area contributed by atoms with Gasteiger partial charge in [0.1, 0.15) is 0 Å². The summed E-state index contributed by atoms with van der Waals surface area (Å²) < 4.78 is 0. The molecule has 3 heteroatoms. The molecule has 3 nitrogen and oxygen atoms in total. The van der Waals surface area contributed by atoms with Gasteiger partial charge in [0.05, 0.1) is 5.84 Å². The van der Waals surface area contributed by atoms with Crippen LogP contribution in [0.25, 0.3) is 0 Å². The van der Waals surface area contributed by atoms with Gasteiger partial charge in [-0.1, -0.05) is 19.8 Å². The molecule has 0 aromatic rings. The average Bonchev–Trinajstić information content (AvgIpc) is 2.17. The SMILES string of the molecule is CC1CCCCC1N(C)CCCC(=N)N. The van der Waals surface area contributed by atoms with Gasteiger partial charge in [-0.05, 0) is 38.8 Å². The van der Waals surface area contributed by atoms with Gasteiger partial charge in [-0.3, -0.25) is 5.41 Å². The van der Waals surface area contributed by atoms with Gasteiger partial charge in [-0.25, -0.2) is 0 Å². The molecule has 0 bridgehead atoms. The molecule has 3 N–H and O–H groups in total. The molecule has 88 valence electrons. The molecule has 1 saturated carbocycles. The lowest BCUT2D eigenvalue weighted by Crippen LogP contribution is -2.39. The molecule has 1 aliphatic carbocycles. The van der Waals surface area contributed by atoms with Gasteiger partial charge in [0.25, 0.3) is 0 Å². The van der Waals surface area contributed by atoms with Crippen molar-refractivity contribution in [2.24, 2.45) is 11.7 Å². The largest absolute Gasteiger partial charge is 0.388 e. The van der Waals surface area contributed by atoms with Crippen LogP contribution in [0.15, 0.2) is 0 Å². The van der Waals surface area contributed by atoms with E-state index in [0.29, 0.717) is 5.84 Å². The van der Waals surface area contributed by atoms with Crippen LogP contribution in [0.2, 0.25) is 0 Å². The third-order valence-corrected chi connectivity index (χ3v) is 3.59. The van der Waals surface area contributed by atoms with E-state index in [9.17, 15) is 0 Å². The number of hydrogen-bond acceptors (Lipinski definition) is 2. The Balaban J connectivity index is 2.25. The van der Waals surface area contributed by atoms with Gasteiger partial charge in [-0.2, -0.15) is 0 Å². The van der Waals surface area contributed by atoms with Crippen molar-refractivity contribution in [1.29, 1.82) is 5.41 Å². The van der Waals surface area contributed by atoms with E-state index in [1.54, 1.807) is 0 Å². The topological polar surface area (TPSA) is 53.1 Å². The van der Waals surface area contributed by atoms with E-state index in [4.69, 9.17) is 11.1 Å². The summed E-state index contributed by atoms with van der Waals surface area (Å²) in [5.74, 6) is 1.15. The van der Waals surface area contributed by atoms with Crippen molar-refractivity contribution in [2.75, 3.05) is 13.6 Å². The number of amidine groups is 1. The van der Waals surface area contributed by atoms with Crippen LogP contribution in [0.3, 0.4) is 0 Å². The van der Waals surface area contributed by atoms with Gasteiger partial charge >= 0.3 is 0 Å². The van der Waals surface area contributed by atoms with Crippen molar-refractivity contribution in [2.45, 2.75) is 51.5 Å². The highest BCUT2D eigenvalue weighted by molar-refractivity contribution is 5.76. The van der Waals surface area contributed by atoms with Gasteiger partial charge in [0.15, 0.2) is 0 Å². The molecule has 0 aromatic carbocycles. The zero-order valence-corrected chi connectivity index (χ0v) is 10.1. The molecule has 2 atom stereocenters. The molecule has 0 amide bonds. The number of nitrogens with one attached hydrogen (secondary N) is 1. The molecule has 2 unspecified atom stereocenters. The maximum absolute atomic E-state index is 7.18. The fraction of sp³-hybridized carbons (Fsp3) is 0.917. The second-order valence-corrected chi connectivity index (χ2v) is 4.94. The maximum Gasteiger partial charge on any atom is 0.0905 e. The Bertz CT molecular complexity index is 203. The second-order valence-electron chi connectivity index (χ2n) is 4.94. The summed E-state index contributed by atoms with van der Waals surface area (Å²) >= 11 is 0. The monoisotopic (exact) mass is 211 g/mol. The van der Waals surface area contributed by atoms with Crippen LogP contribution in [0, 0.1) is 11.3 Å². The number of nitrogens with zero attached hydrogens (tertiary/aromatic N) is 1. The smallest absolute Gasteiger partial charge is 0.0905 e. The zero-order chi connectivity index (χ0) is 11.3. The van der Waals surface area contributed by atoms with Gasteiger partial charge < -0.3 is 10.6 Å². The van der Waals surface area contributed by atoms with Crippen LogP contribution in [0.5, 0.6) is 0 Å². The van der Waals surface area contributed by atoms with Crippen LogP contribution in [0.1, 0.15) is 45.4 Å². The lowest BCUT2D eigenvalue weighted by Gasteiger charge is -2.36. The minimum absolute atomic E-state index is 0.320. The summed E-state index contributed by atoms with van der Waals surface area (Å²) in [6, 6.07) is 0.755. The van der Waals surface area contributed by atoms with Crippen LogP contribution in [0.4, 0.5) is 0 Å². The molecule has 0 radical (unpaired) electrons. The summed E-state index contributed by atoms with van der Waals surface area (Å²) in [5, 5.41) is 7.18. The van der Waals surface area contributed by atoms with Crippen LogP contribution >= 0.6 is 0 Å². The van der Waals surface area contributed by atoms with Crippen molar-refractivity contribution in [3.63, 3.8) is 0 Å². The predicted octanol–water partition coefficient (Wildman–Crippen LogP) is 2.21. The molecule has 15 heavy (non-hydrogen) atoms. The highest BCUT2D eigenvalue weighted by atomic mass is 15.1. The van der Waals surface area contributed by atoms with Gasteiger partial charge in [0, 0.05) is 12.5 Å². The Morgan fingerprint density at radius 1 is 1.40 bits per heavy atom. The Hall–Kier alpha value is -0.570. The third kappa shape index (κ3) is 4.20. The maximum atomic E-state index is 7.18. The Morgan fingerprint density at radius 2 is 2.07 bits per heavy atom. The minimum atomic E-state index is 0.320. The Kier molecular flexibility index (Phi) is 5.09. The van der Waals surface area contributed by atoms with Crippen molar-refractivity contribution < 1.29 is 0 Å². The highest BCUT2D eigenvalue weighted by Crippen LogP contribution is 2.27. The quantitative estimate of drug-likeness (QED) is 0.541. The van der Waals surface area contributed by atoms with E-state index in [0.717, 1.165) is 31.3 Å². The van der Waals surface area contributed by atoms with E-state index >= 15 is 0 Å². The van der Waals surface area contributed by atoms with Crippen molar-refractivity contribution >= 4 is 5.84 Å². The van der Waals surface area contributed by atoms with E-state index in [-0.39, 0.29) is 0 Å². The first-order valence-corrected chi connectivity index (χ1v) is 6.14. The first-order valence-electron chi connectivity index (χ1n) is 6.14. The lowest BCUT2D eigenvalue weighted by atomic mass is 9.85. The molecule has 0 saturated heterocycles. The predicted molar refractivity (Wildman–Crippen MR) is 65.2 cm³/mol. The summed E-state index contributed by atoms with van der Waals surface area (Å²) in [6.07, 6.45) is 7.27. The molecule has 1 fully saturated rings. The Labute approximate surface area is 93.5 Å². The molecule has 1 rings (SSSR count). The third-order valence-electron chi connectivity index (χ3n) is 3.59. The summed E-state index contributed by atoms with van der Waals surface area (Å²) in [4.78, 5) is 2.47. The fourth-order valence-electron chi connectivity index (χ4n) is 2.64. The van der Waals surface area contributed by atoms with Crippen molar-refractivity contribution in [3.05, 3.63) is 0 Å². The van der Waals surface area contributed by atoms with E-state index < -0.39 is 0 Å². The first-order chi connectivity index (χ1) is 7.11. The highest BCUT2D eigenvalue weighted by Gasteiger charge is 2.24. The summed E-state index contributed by atoms with van der Waals surface area (Å²) in [7, 11) is 2.21. The molecule has 0 heterocycles. The van der Waals surface area contributed by atoms with Crippen molar-refractivity contribution in [3.8, 4) is 0 Å². The number of nitrogens with two attached hydrogens (primary N) is 1. The molecule has 1 aliphatic rings. The second kappa shape index (κ2) is 6.11. The molecule has 0 spiro atoms. The Morgan fingerprint density at radius 3 is 2.67 bits per heavy atom.